The molecule has 4 aromatic rings. The lowest BCUT2D eigenvalue weighted by atomic mass is 9.95. The molecule has 61 heavy (non-hydrogen) atoms. The van der Waals surface area contributed by atoms with Crippen molar-refractivity contribution >= 4 is 40.9 Å². The van der Waals surface area contributed by atoms with Crippen molar-refractivity contribution in [1.29, 1.82) is 0 Å². The number of anilines is 4. The van der Waals surface area contributed by atoms with Gasteiger partial charge in [0.25, 0.3) is 0 Å². The van der Waals surface area contributed by atoms with Crippen LogP contribution in [0.25, 0.3) is 11.3 Å². The number of hydrogen-bond acceptors (Lipinski definition) is 11. The van der Waals surface area contributed by atoms with E-state index in [4.69, 9.17) is 9.72 Å². The number of piperidine rings is 2. The fraction of sp³-hybridized carbons (Fsp3) is 0.468. The summed E-state index contributed by atoms with van der Waals surface area (Å²) in [6.07, 6.45) is 5.31. The second kappa shape index (κ2) is 19.4. The number of aromatic nitrogens is 2. The summed E-state index contributed by atoms with van der Waals surface area (Å²) >= 11 is 0. The fourth-order valence-electron chi connectivity index (χ4n) is 8.77. The second-order valence-electron chi connectivity index (χ2n) is 17.3. The minimum atomic E-state index is -0.376. The Bertz CT molecular complexity index is 2140. The number of nitrogens with zero attached hydrogens (tertiary/aromatic N) is 6. The van der Waals surface area contributed by atoms with E-state index in [1.807, 2.05) is 38.1 Å². The maximum absolute atomic E-state index is 12.6. The van der Waals surface area contributed by atoms with Crippen LogP contribution in [0.2, 0.25) is 0 Å². The highest BCUT2D eigenvalue weighted by atomic mass is 16.5. The average Bonchev–Trinajstić information content (AvgIpc) is 3.24. The number of aryl methyl sites for hydroxylation is 1. The number of carbonyl (C=O) groups is 3. The third kappa shape index (κ3) is 11.2. The number of benzene rings is 3. The Labute approximate surface area is 359 Å². The van der Waals surface area contributed by atoms with Crippen LogP contribution < -0.4 is 26.2 Å². The van der Waals surface area contributed by atoms with Crippen molar-refractivity contribution in [2.75, 3.05) is 74.4 Å². The number of ether oxygens (including phenoxy) is 1. The Morgan fingerprint density at radius 3 is 2.39 bits per heavy atom. The lowest BCUT2D eigenvalue weighted by Crippen LogP contribution is -2.58. The van der Waals surface area contributed by atoms with Gasteiger partial charge in [0, 0.05) is 94.1 Å². The van der Waals surface area contributed by atoms with Crippen molar-refractivity contribution in [3.05, 3.63) is 95.7 Å². The predicted molar refractivity (Wildman–Crippen MR) is 239 cm³/mol. The summed E-state index contributed by atoms with van der Waals surface area (Å²) in [5.41, 5.74) is 8.32. The van der Waals surface area contributed by atoms with E-state index in [0.29, 0.717) is 44.3 Å². The molecular formula is C47H60N10O4. The number of rotatable bonds is 14. The SMILES string of the molecule is Cc1cc(-c2ccnc(Nc3ccc(CN4CCN(CC5CCN(c6cccc(NC7CCC(=O)NC7=O)c6)CC5)CC4)cc3)n2)ccc1CNC(=O)N1CC(OC(C)C)C1. The largest absolute Gasteiger partial charge is 0.374 e. The molecule has 4 amide bonds. The van der Waals surface area contributed by atoms with Crippen LogP contribution in [0.3, 0.4) is 0 Å². The molecule has 0 spiro atoms. The molecule has 1 aromatic heterocycles. The van der Waals surface area contributed by atoms with Gasteiger partial charge in [-0.3, -0.25) is 19.8 Å². The standard InChI is InChI=1S/C47H60N10O4/c1-32(2)61-41-30-57(31-41)47(60)49-27-37-10-9-36(25-33(37)3)42-15-18-48-46(52-42)51-38-11-7-34(8-12-38)28-54-21-23-55(24-22-54)29-35-16-19-56(20-17-35)40-6-4-5-39(26-40)50-43-13-14-44(58)53-45(43)59/h4-12,15,18,25-26,32,35,41,43,50H,13-14,16-17,19-24,27-31H2,1-3H3,(H,49,60)(H,48,51,52)(H,53,58,59). The molecule has 8 rings (SSSR count). The number of amides is 4. The first kappa shape index (κ1) is 42.1. The zero-order chi connectivity index (χ0) is 42.3. The van der Waals surface area contributed by atoms with E-state index >= 15 is 0 Å². The van der Waals surface area contributed by atoms with E-state index in [1.165, 1.54) is 24.1 Å². The monoisotopic (exact) mass is 828 g/mol. The Morgan fingerprint density at radius 2 is 1.66 bits per heavy atom. The van der Waals surface area contributed by atoms with Gasteiger partial charge >= 0.3 is 6.03 Å². The fourth-order valence-corrected chi connectivity index (χ4v) is 8.77. The number of carbonyl (C=O) groups excluding carboxylic acids is 3. The van der Waals surface area contributed by atoms with Gasteiger partial charge in [-0.25, -0.2) is 14.8 Å². The highest BCUT2D eigenvalue weighted by molar-refractivity contribution is 6.01. The number of imide groups is 1. The predicted octanol–water partition coefficient (Wildman–Crippen LogP) is 5.77. The van der Waals surface area contributed by atoms with Crippen LogP contribution in [0, 0.1) is 12.8 Å². The van der Waals surface area contributed by atoms with Crippen LogP contribution >= 0.6 is 0 Å². The van der Waals surface area contributed by atoms with Crippen LogP contribution in [-0.2, 0) is 27.4 Å². The lowest BCUT2D eigenvalue weighted by Gasteiger charge is -2.39. The molecule has 5 heterocycles. The first-order valence-corrected chi connectivity index (χ1v) is 22.0. The first-order valence-electron chi connectivity index (χ1n) is 22.0. The normalized spacial score (nSPS) is 19.4. The van der Waals surface area contributed by atoms with Gasteiger partial charge in [0.15, 0.2) is 0 Å². The van der Waals surface area contributed by atoms with Crippen molar-refractivity contribution in [3.63, 3.8) is 0 Å². The molecular weight excluding hydrogens is 769 g/mol. The maximum Gasteiger partial charge on any atom is 0.317 e. The van der Waals surface area contributed by atoms with E-state index in [9.17, 15) is 14.4 Å². The molecule has 4 saturated heterocycles. The summed E-state index contributed by atoms with van der Waals surface area (Å²) in [6, 6.07) is 24.6. The van der Waals surface area contributed by atoms with Crippen molar-refractivity contribution in [2.24, 2.45) is 5.92 Å². The van der Waals surface area contributed by atoms with Crippen molar-refractivity contribution < 1.29 is 19.1 Å². The summed E-state index contributed by atoms with van der Waals surface area (Å²) in [6.45, 7) is 16.3. The number of piperazine rings is 1. The van der Waals surface area contributed by atoms with Gasteiger partial charge in [0.2, 0.25) is 17.8 Å². The zero-order valence-electron chi connectivity index (χ0n) is 35.7. The zero-order valence-corrected chi connectivity index (χ0v) is 35.7. The smallest absolute Gasteiger partial charge is 0.317 e. The molecule has 14 nitrogen and oxygen atoms in total. The molecule has 4 aliphatic rings. The van der Waals surface area contributed by atoms with Gasteiger partial charge in [-0.15, -0.1) is 0 Å². The van der Waals surface area contributed by atoms with Gasteiger partial charge in [-0.1, -0.05) is 30.3 Å². The van der Waals surface area contributed by atoms with E-state index in [2.05, 4.69) is 96.4 Å². The number of likely N-dealkylation sites (tertiary alicyclic amines) is 1. The van der Waals surface area contributed by atoms with Gasteiger partial charge in [0.05, 0.1) is 31.0 Å². The molecule has 1 unspecified atom stereocenters. The van der Waals surface area contributed by atoms with Crippen molar-refractivity contribution in [2.45, 2.75) is 77.8 Å². The quantitative estimate of drug-likeness (QED) is 0.115. The summed E-state index contributed by atoms with van der Waals surface area (Å²) in [7, 11) is 0. The number of nitrogens with one attached hydrogen (secondary N) is 4. The van der Waals surface area contributed by atoms with Crippen LogP contribution in [0.5, 0.6) is 0 Å². The number of hydrogen-bond donors (Lipinski definition) is 4. The van der Waals surface area contributed by atoms with Gasteiger partial charge in [0.1, 0.15) is 6.04 Å². The third-order valence-corrected chi connectivity index (χ3v) is 12.3. The minimum Gasteiger partial charge on any atom is -0.374 e. The van der Waals surface area contributed by atoms with E-state index in [1.54, 1.807) is 11.1 Å². The van der Waals surface area contributed by atoms with Crippen molar-refractivity contribution in [3.8, 4) is 11.3 Å². The summed E-state index contributed by atoms with van der Waals surface area (Å²) in [5.74, 6) is 0.801. The van der Waals surface area contributed by atoms with Crippen molar-refractivity contribution in [1.82, 2.24) is 35.3 Å². The Hall–Kier alpha value is -5.57. The molecule has 14 heteroatoms. The minimum absolute atomic E-state index is 0.0602. The molecule has 4 fully saturated rings. The summed E-state index contributed by atoms with van der Waals surface area (Å²) in [4.78, 5) is 55.1. The molecule has 4 aliphatic heterocycles. The maximum atomic E-state index is 12.6. The molecule has 3 aromatic carbocycles. The van der Waals surface area contributed by atoms with Crippen LogP contribution in [0.15, 0.2) is 79.0 Å². The van der Waals surface area contributed by atoms with Crippen LogP contribution in [0.1, 0.15) is 56.2 Å². The Balaban J connectivity index is 0.742. The highest BCUT2D eigenvalue weighted by Crippen LogP contribution is 2.28. The van der Waals surface area contributed by atoms with Crippen LogP contribution in [0.4, 0.5) is 27.8 Å². The number of urea groups is 1. The van der Waals surface area contributed by atoms with Gasteiger partial charge < -0.3 is 35.4 Å². The summed E-state index contributed by atoms with van der Waals surface area (Å²) in [5, 5.41) is 12.2. The first-order chi connectivity index (χ1) is 29.6. The summed E-state index contributed by atoms with van der Waals surface area (Å²) < 4.78 is 5.77. The third-order valence-electron chi connectivity index (χ3n) is 12.3. The molecule has 1 atom stereocenters. The molecule has 0 saturated carbocycles. The highest BCUT2D eigenvalue weighted by Gasteiger charge is 2.32. The van der Waals surface area contributed by atoms with E-state index < -0.39 is 0 Å². The topological polar surface area (TPSA) is 147 Å². The second-order valence-corrected chi connectivity index (χ2v) is 17.3. The Kier molecular flexibility index (Phi) is 13.4. The molecule has 0 aliphatic carbocycles. The molecule has 4 N–H and O–H groups in total. The van der Waals surface area contributed by atoms with E-state index in [0.717, 1.165) is 86.1 Å². The Morgan fingerprint density at radius 1 is 0.885 bits per heavy atom. The van der Waals surface area contributed by atoms with Crippen LogP contribution in [-0.4, -0.2) is 120 Å². The molecule has 0 bridgehead atoms. The average molecular weight is 829 g/mol. The lowest BCUT2D eigenvalue weighted by molar-refractivity contribution is -0.133. The van der Waals surface area contributed by atoms with Gasteiger partial charge in [-0.2, -0.15) is 0 Å². The van der Waals surface area contributed by atoms with E-state index in [-0.39, 0.29) is 36.1 Å². The molecule has 322 valence electrons. The van der Waals surface area contributed by atoms with Gasteiger partial charge in [-0.05, 0) is 105 Å². The molecule has 0 radical (unpaired) electrons.